The number of nitrogens with zero attached hydrogens (tertiary/aromatic N) is 2. The summed E-state index contributed by atoms with van der Waals surface area (Å²) in [6.07, 6.45) is 4.65. The molecule has 0 aliphatic rings. The molecule has 0 amide bonds. The molecule has 2 N–H and O–H groups in total. The Balaban J connectivity index is 2.31. The minimum absolute atomic E-state index is 0.714. The smallest absolute Gasteiger partial charge is 0.191 e. The number of hydrogen-bond donors (Lipinski definition) is 2. The lowest BCUT2D eigenvalue weighted by Crippen LogP contribution is -2.38. The lowest BCUT2D eigenvalue weighted by molar-refractivity contribution is 0.818. The van der Waals surface area contributed by atoms with Gasteiger partial charge in [0, 0.05) is 32.0 Å². The summed E-state index contributed by atoms with van der Waals surface area (Å²) in [5.74, 6) is 0.796. The number of hydrogen-bond acceptors (Lipinski definition) is 2. The van der Waals surface area contributed by atoms with E-state index in [1.54, 1.807) is 13.1 Å². The van der Waals surface area contributed by atoms with Crippen molar-refractivity contribution in [2.24, 2.45) is 4.99 Å². The topological polar surface area (TPSA) is 49.3 Å². The molecular weight excluding hydrogens is 212 g/mol. The number of guanidine groups is 1. The Morgan fingerprint density at radius 1 is 1.47 bits per heavy atom. The molecule has 1 rings (SSSR count). The van der Waals surface area contributed by atoms with E-state index >= 15 is 0 Å². The third-order valence-electron chi connectivity index (χ3n) is 2.32. The summed E-state index contributed by atoms with van der Waals surface area (Å²) < 4.78 is 0. The molecule has 0 saturated heterocycles. The van der Waals surface area contributed by atoms with Gasteiger partial charge in [-0.2, -0.15) is 0 Å². The summed E-state index contributed by atoms with van der Waals surface area (Å²) in [5, 5.41) is 6.35. The molecule has 0 fully saturated rings. The normalized spacial score (nSPS) is 11.1. The Labute approximate surface area is 103 Å². The van der Waals surface area contributed by atoms with Crippen molar-refractivity contribution in [3.05, 3.63) is 42.2 Å². The first-order valence-electron chi connectivity index (χ1n) is 5.73. The van der Waals surface area contributed by atoms with E-state index in [9.17, 15) is 0 Å². The van der Waals surface area contributed by atoms with Crippen LogP contribution in [0.1, 0.15) is 11.3 Å². The third kappa shape index (κ3) is 5.15. The average molecular weight is 232 g/mol. The quantitative estimate of drug-likeness (QED) is 0.457. The Bertz CT molecular complexity index is 368. The highest BCUT2D eigenvalue weighted by Crippen LogP contribution is 1.99. The molecule has 0 bridgehead atoms. The zero-order valence-corrected chi connectivity index (χ0v) is 10.5. The maximum atomic E-state index is 4.26. The molecule has 1 heterocycles. The number of aryl methyl sites for hydroxylation is 1. The fraction of sp³-hybridized carbons (Fsp3) is 0.385. The van der Waals surface area contributed by atoms with Crippen LogP contribution in [-0.2, 0) is 6.42 Å². The highest BCUT2D eigenvalue weighted by molar-refractivity contribution is 5.79. The number of aromatic nitrogens is 1. The Morgan fingerprint density at radius 3 is 2.88 bits per heavy atom. The van der Waals surface area contributed by atoms with Crippen LogP contribution in [0.4, 0.5) is 0 Å². The van der Waals surface area contributed by atoms with Crippen molar-refractivity contribution in [3.63, 3.8) is 0 Å². The Kier molecular flexibility index (Phi) is 5.79. The standard InChI is InChI=1S/C13H20N4/c1-4-8-15-13(14-3)16-9-7-12-6-5-11(2)17-10-12/h4-6,10H,1,7-9H2,2-3H3,(H2,14,15,16). The number of pyridine rings is 1. The summed E-state index contributed by atoms with van der Waals surface area (Å²) in [5.41, 5.74) is 2.27. The van der Waals surface area contributed by atoms with Crippen LogP contribution < -0.4 is 10.6 Å². The third-order valence-corrected chi connectivity index (χ3v) is 2.32. The van der Waals surface area contributed by atoms with E-state index in [1.807, 2.05) is 19.2 Å². The van der Waals surface area contributed by atoms with Gasteiger partial charge in [-0.3, -0.25) is 9.98 Å². The van der Waals surface area contributed by atoms with Gasteiger partial charge in [-0.05, 0) is 25.0 Å². The largest absolute Gasteiger partial charge is 0.356 e. The Morgan fingerprint density at radius 2 is 2.29 bits per heavy atom. The molecule has 17 heavy (non-hydrogen) atoms. The highest BCUT2D eigenvalue weighted by atomic mass is 15.2. The van der Waals surface area contributed by atoms with Gasteiger partial charge in [0.25, 0.3) is 0 Å². The summed E-state index contributed by atoms with van der Waals surface area (Å²) in [6.45, 7) is 7.19. The highest BCUT2D eigenvalue weighted by Gasteiger charge is 1.96. The van der Waals surface area contributed by atoms with E-state index in [4.69, 9.17) is 0 Å². The fourth-order valence-electron chi connectivity index (χ4n) is 1.36. The summed E-state index contributed by atoms with van der Waals surface area (Å²) in [4.78, 5) is 8.36. The van der Waals surface area contributed by atoms with Crippen LogP contribution in [0.2, 0.25) is 0 Å². The molecular formula is C13H20N4. The van der Waals surface area contributed by atoms with Gasteiger partial charge < -0.3 is 10.6 Å². The molecule has 1 aromatic heterocycles. The number of aliphatic imine (C=N–C) groups is 1. The SMILES string of the molecule is C=CCNC(=NC)NCCc1ccc(C)nc1. The van der Waals surface area contributed by atoms with Crippen LogP contribution in [0.25, 0.3) is 0 Å². The molecule has 0 aliphatic heterocycles. The molecule has 0 unspecified atom stereocenters. The predicted octanol–water partition coefficient (Wildman–Crippen LogP) is 1.28. The summed E-state index contributed by atoms with van der Waals surface area (Å²) in [6, 6.07) is 4.13. The maximum absolute atomic E-state index is 4.26. The second-order valence-electron chi connectivity index (χ2n) is 3.73. The van der Waals surface area contributed by atoms with Crippen LogP contribution in [0.3, 0.4) is 0 Å². The van der Waals surface area contributed by atoms with Crippen LogP contribution in [0.5, 0.6) is 0 Å². The van der Waals surface area contributed by atoms with E-state index in [1.165, 1.54) is 5.56 Å². The Hall–Kier alpha value is -1.84. The van der Waals surface area contributed by atoms with Crippen LogP contribution in [-0.4, -0.2) is 31.1 Å². The van der Waals surface area contributed by atoms with Crippen molar-refractivity contribution >= 4 is 5.96 Å². The molecule has 0 aliphatic carbocycles. The van der Waals surface area contributed by atoms with Gasteiger partial charge in [0.05, 0.1) is 0 Å². The van der Waals surface area contributed by atoms with Gasteiger partial charge >= 0.3 is 0 Å². The predicted molar refractivity (Wildman–Crippen MR) is 72.2 cm³/mol. The fourth-order valence-corrected chi connectivity index (χ4v) is 1.36. The molecule has 0 radical (unpaired) electrons. The first-order chi connectivity index (χ1) is 8.26. The van der Waals surface area contributed by atoms with Crippen LogP contribution in [0.15, 0.2) is 36.0 Å². The van der Waals surface area contributed by atoms with Gasteiger partial charge in [-0.15, -0.1) is 6.58 Å². The molecule has 1 aromatic rings. The van der Waals surface area contributed by atoms with E-state index < -0.39 is 0 Å². The molecule has 0 aromatic carbocycles. The molecule has 0 saturated carbocycles. The van der Waals surface area contributed by atoms with Crippen molar-refractivity contribution in [3.8, 4) is 0 Å². The van der Waals surface area contributed by atoms with Crippen LogP contribution >= 0.6 is 0 Å². The van der Waals surface area contributed by atoms with Crippen LogP contribution in [0, 0.1) is 6.92 Å². The van der Waals surface area contributed by atoms with Crippen molar-refractivity contribution in [1.29, 1.82) is 0 Å². The number of nitrogens with one attached hydrogen (secondary N) is 2. The van der Waals surface area contributed by atoms with E-state index in [-0.39, 0.29) is 0 Å². The minimum Gasteiger partial charge on any atom is -0.356 e. The average Bonchev–Trinajstić information content (AvgIpc) is 2.36. The van der Waals surface area contributed by atoms with Gasteiger partial charge in [0.1, 0.15) is 0 Å². The van der Waals surface area contributed by atoms with Crippen molar-refractivity contribution in [2.45, 2.75) is 13.3 Å². The van der Waals surface area contributed by atoms with Gasteiger partial charge in [-0.25, -0.2) is 0 Å². The van der Waals surface area contributed by atoms with Crippen molar-refractivity contribution in [2.75, 3.05) is 20.1 Å². The van der Waals surface area contributed by atoms with Gasteiger partial charge in [-0.1, -0.05) is 12.1 Å². The molecule has 0 spiro atoms. The monoisotopic (exact) mass is 232 g/mol. The molecule has 4 nitrogen and oxygen atoms in total. The second kappa shape index (κ2) is 7.44. The summed E-state index contributed by atoms with van der Waals surface area (Å²) in [7, 11) is 1.76. The summed E-state index contributed by atoms with van der Waals surface area (Å²) >= 11 is 0. The number of rotatable bonds is 5. The van der Waals surface area contributed by atoms with E-state index in [0.717, 1.165) is 24.6 Å². The molecule has 0 atom stereocenters. The molecule has 4 heteroatoms. The van der Waals surface area contributed by atoms with Crippen molar-refractivity contribution < 1.29 is 0 Å². The first kappa shape index (κ1) is 13.2. The zero-order valence-electron chi connectivity index (χ0n) is 10.5. The maximum Gasteiger partial charge on any atom is 0.191 e. The van der Waals surface area contributed by atoms with Gasteiger partial charge in [0.15, 0.2) is 5.96 Å². The first-order valence-corrected chi connectivity index (χ1v) is 5.73. The minimum atomic E-state index is 0.714. The second-order valence-corrected chi connectivity index (χ2v) is 3.73. The van der Waals surface area contributed by atoms with Gasteiger partial charge in [0.2, 0.25) is 0 Å². The zero-order chi connectivity index (χ0) is 12.5. The lowest BCUT2D eigenvalue weighted by atomic mass is 10.2. The van der Waals surface area contributed by atoms with Crippen molar-refractivity contribution in [1.82, 2.24) is 15.6 Å². The van der Waals surface area contributed by atoms with E-state index in [0.29, 0.717) is 6.54 Å². The lowest BCUT2D eigenvalue weighted by Gasteiger charge is -2.10. The van der Waals surface area contributed by atoms with E-state index in [2.05, 4.69) is 33.3 Å². The molecule has 92 valence electrons.